The van der Waals surface area contributed by atoms with Crippen LogP contribution in [0.1, 0.15) is 39.1 Å². The highest BCUT2D eigenvalue weighted by molar-refractivity contribution is 5.96. The molecule has 1 fully saturated rings. The first-order valence-corrected chi connectivity index (χ1v) is 9.79. The summed E-state index contributed by atoms with van der Waals surface area (Å²) in [5, 5.41) is 5.26. The van der Waals surface area contributed by atoms with E-state index in [2.05, 4.69) is 10.6 Å². The minimum Gasteiger partial charge on any atom is -0.491 e. The molecule has 8 heteroatoms. The molecule has 1 aliphatic rings. The van der Waals surface area contributed by atoms with Crippen LogP contribution in [-0.4, -0.2) is 43.6 Å². The standard InChI is InChI=1S/C22H25N3O5/c23-20(26)13-25-22(28)16-5-3-15(4-6-16)12-24-21(27)17-7-9-18(10-8-17)30-14-19-2-1-11-29-19/h3-10,19H,1-2,11-14H2,(H2,23,26)(H,24,27)(H,25,28). The van der Waals surface area contributed by atoms with E-state index in [1.54, 1.807) is 48.5 Å². The minimum absolute atomic E-state index is 0.147. The molecule has 158 valence electrons. The van der Waals surface area contributed by atoms with Crippen LogP contribution in [0, 0.1) is 0 Å². The van der Waals surface area contributed by atoms with Crippen molar-refractivity contribution < 1.29 is 23.9 Å². The molecular weight excluding hydrogens is 386 g/mol. The Hall–Kier alpha value is -3.39. The van der Waals surface area contributed by atoms with E-state index in [0.29, 0.717) is 30.0 Å². The summed E-state index contributed by atoms with van der Waals surface area (Å²) in [5.41, 5.74) is 6.78. The SMILES string of the molecule is NC(=O)CNC(=O)c1ccc(CNC(=O)c2ccc(OCC3CCCO3)cc2)cc1. The van der Waals surface area contributed by atoms with Crippen molar-refractivity contribution in [3.8, 4) is 5.75 Å². The molecule has 0 aromatic heterocycles. The number of rotatable bonds is 9. The van der Waals surface area contributed by atoms with Crippen molar-refractivity contribution in [3.05, 3.63) is 65.2 Å². The van der Waals surface area contributed by atoms with E-state index in [-0.39, 0.29) is 24.5 Å². The Morgan fingerprint density at radius 3 is 2.20 bits per heavy atom. The van der Waals surface area contributed by atoms with E-state index < -0.39 is 5.91 Å². The number of carbonyl (C=O) groups excluding carboxylic acids is 3. The Morgan fingerprint density at radius 1 is 0.967 bits per heavy atom. The van der Waals surface area contributed by atoms with Gasteiger partial charge in [0.05, 0.1) is 12.6 Å². The summed E-state index contributed by atoms with van der Waals surface area (Å²) in [6, 6.07) is 13.7. The molecular formula is C22H25N3O5. The van der Waals surface area contributed by atoms with E-state index in [4.69, 9.17) is 15.2 Å². The fraction of sp³-hybridized carbons (Fsp3) is 0.318. The first-order chi connectivity index (χ1) is 14.5. The zero-order valence-electron chi connectivity index (χ0n) is 16.6. The summed E-state index contributed by atoms with van der Waals surface area (Å²) in [6.45, 7) is 1.41. The third kappa shape index (κ3) is 6.31. The van der Waals surface area contributed by atoms with Crippen molar-refractivity contribution in [2.45, 2.75) is 25.5 Å². The fourth-order valence-electron chi connectivity index (χ4n) is 3.00. The van der Waals surface area contributed by atoms with Gasteiger partial charge in [0.2, 0.25) is 5.91 Å². The minimum atomic E-state index is -0.606. The number of amides is 3. The lowest BCUT2D eigenvalue weighted by Gasteiger charge is -2.12. The normalized spacial score (nSPS) is 15.4. The largest absolute Gasteiger partial charge is 0.491 e. The maximum atomic E-state index is 12.3. The number of primary amides is 1. The van der Waals surface area contributed by atoms with Crippen LogP contribution in [0.3, 0.4) is 0 Å². The van der Waals surface area contributed by atoms with Gasteiger partial charge in [-0.3, -0.25) is 14.4 Å². The van der Waals surface area contributed by atoms with Crippen molar-refractivity contribution in [2.75, 3.05) is 19.8 Å². The first-order valence-electron chi connectivity index (χ1n) is 9.79. The lowest BCUT2D eigenvalue weighted by atomic mass is 10.1. The number of hydrogen-bond donors (Lipinski definition) is 3. The Morgan fingerprint density at radius 2 is 1.60 bits per heavy atom. The maximum Gasteiger partial charge on any atom is 0.251 e. The molecule has 0 saturated carbocycles. The van der Waals surface area contributed by atoms with E-state index in [0.717, 1.165) is 25.0 Å². The molecule has 3 amide bonds. The van der Waals surface area contributed by atoms with Crippen LogP contribution in [-0.2, 0) is 16.1 Å². The molecule has 1 aliphatic heterocycles. The molecule has 1 atom stereocenters. The van der Waals surface area contributed by atoms with Gasteiger partial charge in [-0.1, -0.05) is 12.1 Å². The summed E-state index contributed by atoms with van der Waals surface area (Å²) in [4.78, 5) is 34.9. The van der Waals surface area contributed by atoms with Crippen molar-refractivity contribution >= 4 is 17.7 Å². The molecule has 4 N–H and O–H groups in total. The molecule has 2 aromatic carbocycles. The molecule has 1 heterocycles. The number of benzene rings is 2. The molecule has 30 heavy (non-hydrogen) atoms. The highest BCUT2D eigenvalue weighted by Gasteiger charge is 2.16. The number of nitrogens with two attached hydrogens (primary N) is 1. The Balaban J connectivity index is 1.45. The van der Waals surface area contributed by atoms with Gasteiger partial charge in [-0.25, -0.2) is 0 Å². The predicted molar refractivity (Wildman–Crippen MR) is 110 cm³/mol. The molecule has 0 spiro atoms. The van der Waals surface area contributed by atoms with E-state index in [1.165, 1.54) is 0 Å². The molecule has 0 radical (unpaired) electrons. The summed E-state index contributed by atoms with van der Waals surface area (Å²) in [5.74, 6) is -0.493. The zero-order valence-corrected chi connectivity index (χ0v) is 16.6. The smallest absolute Gasteiger partial charge is 0.251 e. The second kappa shape index (κ2) is 10.4. The van der Waals surface area contributed by atoms with Crippen LogP contribution in [0.15, 0.2) is 48.5 Å². The third-order valence-electron chi connectivity index (χ3n) is 4.67. The Bertz CT molecular complexity index is 875. The van der Waals surface area contributed by atoms with E-state index >= 15 is 0 Å². The van der Waals surface area contributed by atoms with Gasteiger partial charge in [0, 0.05) is 24.3 Å². The van der Waals surface area contributed by atoms with Crippen LogP contribution >= 0.6 is 0 Å². The van der Waals surface area contributed by atoms with Gasteiger partial charge < -0.3 is 25.8 Å². The van der Waals surface area contributed by atoms with Crippen LogP contribution in [0.25, 0.3) is 0 Å². The predicted octanol–water partition coefficient (Wildman–Crippen LogP) is 1.39. The van der Waals surface area contributed by atoms with Crippen molar-refractivity contribution in [2.24, 2.45) is 5.73 Å². The average molecular weight is 411 g/mol. The first kappa shape index (κ1) is 21.3. The monoisotopic (exact) mass is 411 g/mol. The van der Waals surface area contributed by atoms with Crippen LogP contribution in [0.5, 0.6) is 5.75 Å². The summed E-state index contributed by atoms with van der Waals surface area (Å²) in [6.07, 6.45) is 2.23. The van der Waals surface area contributed by atoms with Gasteiger partial charge in [-0.05, 0) is 54.8 Å². The second-order valence-electron chi connectivity index (χ2n) is 7.00. The van der Waals surface area contributed by atoms with Gasteiger partial charge in [0.1, 0.15) is 12.4 Å². The highest BCUT2D eigenvalue weighted by atomic mass is 16.5. The van der Waals surface area contributed by atoms with E-state index in [1.807, 2.05) is 0 Å². The van der Waals surface area contributed by atoms with Gasteiger partial charge >= 0.3 is 0 Å². The molecule has 0 aliphatic carbocycles. The molecule has 3 rings (SSSR count). The number of hydrogen-bond acceptors (Lipinski definition) is 5. The van der Waals surface area contributed by atoms with Crippen molar-refractivity contribution in [1.29, 1.82) is 0 Å². The molecule has 1 unspecified atom stereocenters. The van der Waals surface area contributed by atoms with Gasteiger partial charge in [-0.15, -0.1) is 0 Å². The number of ether oxygens (including phenoxy) is 2. The van der Waals surface area contributed by atoms with Gasteiger partial charge in [-0.2, -0.15) is 0 Å². The van der Waals surface area contributed by atoms with Gasteiger partial charge in [0.15, 0.2) is 0 Å². The highest BCUT2D eigenvalue weighted by Crippen LogP contribution is 2.16. The third-order valence-corrected chi connectivity index (χ3v) is 4.67. The molecule has 0 bridgehead atoms. The Kier molecular flexibility index (Phi) is 7.40. The quantitative estimate of drug-likeness (QED) is 0.576. The number of nitrogens with one attached hydrogen (secondary N) is 2. The summed E-state index contributed by atoms with van der Waals surface area (Å²) < 4.78 is 11.2. The second-order valence-corrected chi connectivity index (χ2v) is 7.00. The topological polar surface area (TPSA) is 120 Å². The van der Waals surface area contributed by atoms with Crippen LogP contribution < -0.4 is 21.1 Å². The van der Waals surface area contributed by atoms with E-state index in [9.17, 15) is 14.4 Å². The lowest BCUT2D eigenvalue weighted by Crippen LogP contribution is -2.33. The Labute approximate surface area is 174 Å². The summed E-state index contributed by atoms with van der Waals surface area (Å²) in [7, 11) is 0. The van der Waals surface area contributed by atoms with Crippen molar-refractivity contribution in [1.82, 2.24) is 10.6 Å². The molecule has 2 aromatic rings. The maximum absolute atomic E-state index is 12.3. The van der Waals surface area contributed by atoms with Crippen LogP contribution in [0.4, 0.5) is 0 Å². The van der Waals surface area contributed by atoms with Crippen molar-refractivity contribution in [3.63, 3.8) is 0 Å². The molecule has 1 saturated heterocycles. The fourth-order valence-corrected chi connectivity index (χ4v) is 3.00. The molecule has 8 nitrogen and oxygen atoms in total. The number of carbonyl (C=O) groups is 3. The average Bonchev–Trinajstić information content (AvgIpc) is 3.29. The van der Waals surface area contributed by atoms with Crippen LogP contribution in [0.2, 0.25) is 0 Å². The summed E-state index contributed by atoms with van der Waals surface area (Å²) >= 11 is 0. The van der Waals surface area contributed by atoms with Gasteiger partial charge in [0.25, 0.3) is 11.8 Å². The lowest BCUT2D eigenvalue weighted by molar-refractivity contribution is -0.117. The zero-order chi connectivity index (χ0) is 21.3.